The summed E-state index contributed by atoms with van der Waals surface area (Å²) in [6, 6.07) is 13.1. The molecular weight excluding hydrogens is 388 g/mol. The summed E-state index contributed by atoms with van der Waals surface area (Å²) in [5.74, 6) is 0.502. The summed E-state index contributed by atoms with van der Waals surface area (Å²) in [7, 11) is 0. The van der Waals surface area contributed by atoms with Crippen LogP contribution in [-0.2, 0) is 10.5 Å². The van der Waals surface area contributed by atoms with Crippen molar-refractivity contribution >= 4 is 34.5 Å². The van der Waals surface area contributed by atoms with Crippen LogP contribution in [0, 0.1) is 13.8 Å². The Hall–Kier alpha value is -2.93. The van der Waals surface area contributed by atoms with E-state index in [1.807, 2.05) is 62.6 Å². The first kappa shape index (κ1) is 20.8. The van der Waals surface area contributed by atoms with Crippen molar-refractivity contribution in [2.75, 3.05) is 6.26 Å². The number of nitrogens with one attached hydrogen (secondary N) is 2. The lowest BCUT2D eigenvalue weighted by Crippen LogP contribution is -2.47. The molecule has 2 amide bonds. The zero-order chi connectivity index (χ0) is 21.0. The van der Waals surface area contributed by atoms with Crippen LogP contribution in [-0.4, -0.2) is 24.2 Å². The first-order valence-electron chi connectivity index (χ1n) is 9.24. The third-order valence-electron chi connectivity index (χ3n) is 4.72. The number of furan rings is 1. The Morgan fingerprint density at radius 1 is 1.10 bits per heavy atom. The Kier molecular flexibility index (Phi) is 6.49. The Balaban J connectivity index is 1.67. The lowest BCUT2D eigenvalue weighted by atomic mass is 10.1. The van der Waals surface area contributed by atoms with Gasteiger partial charge in [0.25, 0.3) is 5.91 Å². The van der Waals surface area contributed by atoms with Crippen molar-refractivity contribution in [2.45, 2.75) is 32.6 Å². The number of aryl methyl sites for hydroxylation is 1. The second kappa shape index (κ2) is 9.05. The lowest BCUT2D eigenvalue weighted by Gasteiger charge is -2.17. The van der Waals surface area contributed by atoms with Gasteiger partial charge >= 0.3 is 5.91 Å². The normalized spacial score (nSPS) is 11.9. The monoisotopic (exact) mass is 412 g/mol. The number of hydrogen-bond acceptors (Lipinski definition) is 5. The highest BCUT2D eigenvalue weighted by Gasteiger charge is 2.22. The zero-order valence-corrected chi connectivity index (χ0v) is 17.7. The molecule has 0 aliphatic heterocycles. The van der Waals surface area contributed by atoms with Gasteiger partial charge in [-0.15, -0.1) is 0 Å². The van der Waals surface area contributed by atoms with E-state index in [-0.39, 0.29) is 5.76 Å². The largest absolute Gasteiger partial charge is 0.481 e. The second-order valence-electron chi connectivity index (χ2n) is 6.74. The van der Waals surface area contributed by atoms with Crippen LogP contribution < -0.4 is 15.6 Å². The van der Waals surface area contributed by atoms with Crippen molar-refractivity contribution in [3.05, 3.63) is 64.9 Å². The zero-order valence-electron chi connectivity index (χ0n) is 16.9. The smallest absolute Gasteiger partial charge is 0.305 e. The van der Waals surface area contributed by atoms with Gasteiger partial charge in [0.1, 0.15) is 11.3 Å². The highest BCUT2D eigenvalue weighted by Crippen LogP contribution is 2.28. The predicted molar refractivity (Wildman–Crippen MR) is 115 cm³/mol. The molecule has 7 heteroatoms. The molecule has 1 aromatic heterocycles. The number of hydrogen-bond donors (Lipinski definition) is 2. The predicted octanol–water partition coefficient (Wildman–Crippen LogP) is 4.14. The van der Waals surface area contributed by atoms with Gasteiger partial charge in [-0.25, -0.2) is 0 Å². The molecule has 152 valence electrons. The van der Waals surface area contributed by atoms with Crippen molar-refractivity contribution in [2.24, 2.45) is 0 Å². The number of amides is 2. The van der Waals surface area contributed by atoms with Gasteiger partial charge in [0.2, 0.25) is 0 Å². The molecule has 0 fully saturated rings. The standard InChI is InChI=1S/C22H24N2O4S/c1-13-8-7-11-18(14(13)2)27-15(3)21(25)23-24-22(26)20-17(12-29-4)16-9-5-6-10-19(16)28-20/h5-11,15H,12H2,1-4H3,(H,23,25)(H,24,26). The molecule has 0 spiro atoms. The Bertz CT molecular complexity index is 1040. The maximum Gasteiger partial charge on any atom is 0.305 e. The molecule has 0 aliphatic carbocycles. The maximum atomic E-state index is 12.6. The van der Waals surface area contributed by atoms with Crippen LogP contribution in [0.25, 0.3) is 11.0 Å². The summed E-state index contributed by atoms with van der Waals surface area (Å²) in [4.78, 5) is 25.0. The summed E-state index contributed by atoms with van der Waals surface area (Å²) in [6.45, 7) is 5.54. The minimum absolute atomic E-state index is 0.198. The third-order valence-corrected chi connectivity index (χ3v) is 5.30. The van der Waals surface area contributed by atoms with E-state index >= 15 is 0 Å². The van der Waals surface area contributed by atoms with E-state index in [1.54, 1.807) is 18.7 Å². The van der Waals surface area contributed by atoms with Crippen molar-refractivity contribution in [3.8, 4) is 5.75 Å². The molecule has 2 aromatic carbocycles. The summed E-state index contributed by atoms with van der Waals surface area (Å²) in [5.41, 5.74) is 8.34. The van der Waals surface area contributed by atoms with Crippen molar-refractivity contribution < 1.29 is 18.7 Å². The van der Waals surface area contributed by atoms with E-state index in [0.717, 1.165) is 22.1 Å². The van der Waals surface area contributed by atoms with Gasteiger partial charge in [-0.05, 0) is 50.3 Å². The third kappa shape index (κ3) is 4.56. The molecule has 0 saturated carbocycles. The second-order valence-corrected chi connectivity index (χ2v) is 7.61. The Morgan fingerprint density at radius 3 is 2.62 bits per heavy atom. The van der Waals surface area contributed by atoms with Crippen LogP contribution in [0.15, 0.2) is 46.9 Å². The molecule has 0 bridgehead atoms. The Labute approximate surface area is 174 Å². The fourth-order valence-electron chi connectivity index (χ4n) is 2.94. The fourth-order valence-corrected chi connectivity index (χ4v) is 3.52. The highest BCUT2D eigenvalue weighted by atomic mass is 32.2. The highest BCUT2D eigenvalue weighted by molar-refractivity contribution is 7.97. The van der Waals surface area contributed by atoms with Crippen LogP contribution in [0.3, 0.4) is 0 Å². The number of rotatable bonds is 6. The number of carbonyl (C=O) groups is 2. The van der Waals surface area contributed by atoms with Gasteiger partial charge < -0.3 is 9.15 Å². The van der Waals surface area contributed by atoms with Crippen molar-refractivity contribution in [1.29, 1.82) is 0 Å². The van der Waals surface area contributed by atoms with Gasteiger partial charge in [0.05, 0.1) is 0 Å². The van der Waals surface area contributed by atoms with Crippen LogP contribution in [0.2, 0.25) is 0 Å². The summed E-state index contributed by atoms with van der Waals surface area (Å²) >= 11 is 1.59. The molecular formula is C22H24N2O4S. The average molecular weight is 413 g/mol. The molecule has 0 radical (unpaired) electrons. The molecule has 1 heterocycles. The van der Waals surface area contributed by atoms with Crippen LogP contribution >= 0.6 is 11.8 Å². The number of benzene rings is 2. The summed E-state index contributed by atoms with van der Waals surface area (Å²) < 4.78 is 11.5. The Morgan fingerprint density at radius 2 is 1.86 bits per heavy atom. The number of thioether (sulfide) groups is 1. The van der Waals surface area contributed by atoms with Gasteiger partial charge in [0, 0.05) is 16.7 Å². The first-order valence-corrected chi connectivity index (χ1v) is 10.6. The molecule has 0 saturated heterocycles. The minimum Gasteiger partial charge on any atom is -0.481 e. The molecule has 6 nitrogen and oxygen atoms in total. The minimum atomic E-state index is -0.780. The van der Waals surface area contributed by atoms with Crippen molar-refractivity contribution in [1.82, 2.24) is 10.9 Å². The van der Waals surface area contributed by atoms with E-state index in [1.165, 1.54) is 0 Å². The van der Waals surface area contributed by atoms with E-state index in [0.29, 0.717) is 17.1 Å². The molecule has 2 N–H and O–H groups in total. The van der Waals surface area contributed by atoms with E-state index in [4.69, 9.17) is 9.15 Å². The first-order chi connectivity index (χ1) is 13.9. The molecule has 3 rings (SSSR count). The van der Waals surface area contributed by atoms with E-state index in [9.17, 15) is 9.59 Å². The summed E-state index contributed by atoms with van der Waals surface area (Å²) in [6.07, 6.45) is 1.18. The molecule has 29 heavy (non-hydrogen) atoms. The SMILES string of the molecule is CSCc1c(C(=O)NNC(=O)C(C)Oc2cccc(C)c2C)oc2ccccc12. The van der Waals surface area contributed by atoms with Crippen LogP contribution in [0.5, 0.6) is 5.75 Å². The van der Waals surface area contributed by atoms with E-state index < -0.39 is 17.9 Å². The molecule has 1 unspecified atom stereocenters. The summed E-state index contributed by atoms with van der Waals surface area (Å²) in [5, 5.41) is 0.893. The number of ether oxygens (including phenoxy) is 1. The number of para-hydroxylation sites is 1. The molecule has 0 aliphatic rings. The van der Waals surface area contributed by atoms with Crippen LogP contribution in [0.4, 0.5) is 0 Å². The molecule has 3 aromatic rings. The lowest BCUT2D eigenvalue weighted by molar-refractivity contribution is -0.128. The van der Waals surface area contributed by atoms with E-state index in [2.05, 4.69) is 10.9 Å². The maximum absolute atomic E-state index is 12.6. The average Bonchev–Trinajstić information content (AvgIpc) is 3.08. The van der Waals surface area contributed by atoms with Gasteiger partial charge in [-0.3, -0.25) is 20.4 Å². The number of carbonyl (C=O) groups excluding carboxylic acids is 2. The van der Waals surface area contributed by atoms with Crippen LogP contribution in [0.1, 0.15) is 34.2 Å². The van der Waals surface area contributed by atoms with Crippen molar-refractivity contribution in [3.63, 3.8) is 0 Å². The molecule has 1 atom stereocenters. The number of hydrazine groups is 1. The topological polar surface area (TPSA) is 80.6 Å². The number of fused-ring (bicyclic) bond motifs is 1. The van der Waals surface area contributed by atoms with Gasteiger partial charge in [-0.1, -0.05) is 30.3 Å². The fraction of sp³-hybridized carbons (Fsp3) is 0.273. The quantitative estimate of drug-likeness (QED) is 0.595. The van der Waals surface area contributed by atoms with Gasteiger partial charge in [-0.2, -0.15) is 11.8 Å². The van der Waals surface area contributed by atoms with Gasteiger partial charge in [0.15, 0.2) is 11.9 Å².